The van der Waals surface area contributed by atoms with E-state index in [1.165, 1.54) is 11.8 Å². The fraction of sp³-hybridized carbons (Fsp3) is 0.600. The number of phenols is 2. The number of hydrogen-bond acceptors (Lipinski definition) is 9. The third-order valence-corrected chi connectivity index (χ3v) is 6.38. The van der Waals surface area contributed by atoms with Gasteiger partial charge in [-0.15, -0.1) is 0 Å². The Kier molecular flexibility index (Phi) is 14.7. The molecule has 0 saturated heterocycles. The molecule has 220 valence electrons. The fourth-order valence-electron chi connectivity index (χ4n) is 3.46. The summed E-state index contributed by atoms with van der Waals surface area (Å²) in [6, 6.07) is 3.13. The third kappa shape index (κ3) is 9.12. The van der Waals surface area contributed by atoms with Gasteiger partial charge in [-0.3, -0.25) is 0 Å². The smallest absolute Gasteiger partial charge is 0.204 e. The van der Waals surface area contributed by atoms with Crippen molar-refractivity contribution in [2.24, 2.45) is 0 Å². The van der Waals surface area contributed by atoms with Gasteiger partial charge >= 0.3 is 0 Å². The number of aromatic hydroxyl groups is 2. The van der Waals surface area contributed by atoms with Crippen LogP contribution in [-0.2, 0) is 0 Å². The molecule has 0 aliphatic heterocycles. The maximum absolute atomic E-state index is 10.9. The summed E-state index contributed by atoms with van der Waals surface area (Å²) in [4.78, 5) is 1.24. The van der Waals surface area contributed by atoms with Crippen molar-refractivity contribution in [1.82, 2.24) is 0 Å². The molecule has 2 aromatic carbocycles. The largest absolute Gasteiger partial charge is 0.504 e. The number of phenolic OH excluding ortho intramolecular Hbond substituents is 2. The Labute approximate surface area is 237 Å². The summed E-state index contributed by atoms with van der Waals surface area (Å²) in [5, 5.41) is 21.8. The van der Waals surface area contributed by atoms with Crippen LogP contribution >= 0.6 is 11.8 Å². The molecule has 0 aliphatic rings. The Hall–Kier alpha value is -2.81. The maximum Gasteiger partial charge on any atom is 0.204 e. The number of ether oxygens (including phenoxy) is 6. The van der Waals surface area contributed by atoms with Gasteiger partial charge in [0.15, 0.2) is 23.0 Å². The Morgan fingerprint density at radius 3 is 1.05 bits per heavy atom. The SMILES string of the molecule is CCCOc1cc(O)c(OCCC)c(OCCC)c1Sc1c(OCCC)cc(O)c(OCCC)c1OCCC. The van der Waals surface area contributed by atoms with Gasteiger partial charge in [0, 0.05) is 12.1 Å². The summed E-state index contributed by atoms with van der Waals surface area (Å²) < 4.78 is 36.5. The van der Waals surface area contributed by atoms with Crippen LogP contribution in [0.15, 0.2) is 21.9 Å². The molecular weight excluding hydrogens is 520 g/mol. The van der Waals surface area contributed by atoms with E-state index in [9.17, 15) is 10.2 Å². The Morgan fingerprint density at radius 2 is 0.744 bits per heavy atom. The molecule has 0 amide bonds. The minimum absolute atomic E-state index is 0.0485. The highest BCUT2D eigenvalue weighted by Crippen LogP contribution is 2.57. The van der Waals surface area contributed by atoms with Gasteiger partial charge in [-0.1, -0.05) is 53.3 Å². The van der Waals surface area contributed by atoms with E-state index in [1.807, 2.05) is 41.5 Å². The number of rotatable bonds is 20. The van der Waals surface area contributed by atoms with Crippen molar-refractivity contribution >= 4 is 11.8 Å². The van der Waals surface area contributed by atoms with Crippen LogP contribution in [0.1, 0.15) is 80.1 Å². The normalized spacial score (nSPS) is 10.8. The lowest BCUT2D eigenvalue weighted by Gasteiger charge is -2.23. The monoisotopic (exact) mass is 566 g/mol. The van der Waals surface area contributed by atoms with Crippen molar-refractivity contribution in [3.05, 3.63) is 12.1 Å². The Balaban J connectivity index is 2.84. The predicted octanol–water partition coefficient (Wildman–Crippen LogP) is 7.98. The first kappa shape index (κ1) is 32.4. The van der Waals surface area contributed by atoms with Gasteiger partial charge < -0.3 is 38.6 Å². The highest BCUT2D eigenvalue weighted by atomic mass is 32.2. The average molecular weight is 567 g/mol. The first-order valence-electron chi connectivity index (χ1n) is 14.2. The Bertz CT molecular complexity index is 932. The lowest BCUT2D eigenvalue weighted by atomic mass is 10.2. The lowest BCUT2D eigenvalue weighted by molar-refractivity contribution is 0.243. The molecule has 9 heteroatoms. The fourth-order valence-corrected chi connectivity index (χ4v) is 4.59. The van der Waals surface area contributed by atoms with Crippen molar-refractivity contribution in [3.8, 4) is 46.0 Å². The average Bonchev–Trinajstić information content (AvgIpc) is 2.93. The van der Waals surface area contributed by atoms with Gasteiger partial charge in [-0.2, -0.15) is 0 Å². The molecule has 2 aromatic rings. The predicted molar refractivity (Wildman–Crippen MR) is 155 cm³/mol. The van der Waals surface area contributed by atoms with E-state index in [2.05, 4.69) is 0 Å². The van der Waals surface area contributed by atoms with Gasteiger partial charge in [-0.25, -0.2) is 0 Å². The molecule has 0 aromatic heterocycles. The van der Waals surface area contributed by atoms with Crippen LogP contribution in [0.25, 0.3) is 0 Å². The molecule has 0 fully saturated rings. The van der Waals surface area contributed by atoms with Crippen molar-refractivity contribution in [2.75, 3.05) is 39.6 Å². The topological polar surface area (TPSA) is 95.8 Å². The second kappa shape index (κ2) is 17.7. The van der Waals surface area contributed by atoms with E-state index in [0.29, 0.717) is 72.4 Å². The maximum atomic E-state index is 10.9. The molecule has 0 aliphatic carbocycles. The summed E-state index contributed by atoms with van der Waals surface area (Å²) in [6.45, 7) is 14.7. The van der Waals surface area contributed by atoms with Crippen LogP contribution in [0.5, 0.6) is 46.0 Å². The van der Waals surface area contributed by atoms with E-state index >= 15 is 0 Å². The number of hydrogen-bond donors (Lipinski definition) is 2. The van der Waals surface area contributed by atoms with E-state index in [1.54, 1.807) is 12.1 Å². The van der Waals surface area contributed by atoms with Gasteiger partial charge in [0.05, 0.1) is 39.6 Å². The first-order valence-corrected chi connectivity index (χ1v) is 15.0. The molecule has 0 bridgehead atoms. The van der Waals surface area contributed by atoms with Gasteiger partial charge in [-0.05, 0) is 38.5 Å². The highest BCUT2D eigenvalue weighted by Gasteiger charge is 2.29. The van der Waals surface area contributed by atoms with Crippen LogP contribution < -0.4 is 28.4 Å². The molecular formula is C30H46O8S. The molecule has 0 unspecified atom stereocenters. The van der Waals surface area contributed by atoms with Crippen LogP contribution in [0.4, 0.5) is 0 Å². The third-order valence-electron chi connectivity index (χ3n) is 5.20. The highest BCUT2D eigenvalue weighted by molar-refractivity contribution is 7.99. The van der Waals surface area contributed by atoms with Gasteiger partial charge in [0.2, 0.25) is 11.5 Å². The minimum atomic E-state index is -0.0485. The van der Waals surface area contributed by atoms with Crippen molar-refractivity contribution < 1.29 is 38.6 Å². The first-order chi connectivity index (χ1) is 19.0. The van der Waals surface area contributed by atoms with Gasteiger partial charge in [0.1, 0.15) is 21.3 Å². The van der Waals surface area contributed by atoms with Crippen LogP contribution in [0.2, 0.25) is 0 Å². The summed E-state index contributed by atoms with van der Waals surface area (Å²) in [5.74, 6) is 2.15. The second-order valence-electron chi connectivity index (χ2n) is 8.96. The zero-order valence-electron chi connectivity index (χ0n) is 24.4. The molecule has 2 N–H and O–H groups in total. The molecule has 2 rings (SSSR count). The standard InChI is InChI=1S/C30H46O8S/c1-7-13-33-23-19-21(31)25(35-15-9-3)27(37-17-11-5)29(23)39-30-24(34-14-8-2)20-22(32)26(36-16-10-4)28(30)38-18-12-6/h19-20,31-32H,7-18H2,1-6H3. The van der Waals surface area contributed by atoms with Gasteiger partial charge in [0.25, 0.3) is 0 Å². The van der Waals surface area contributed by atoms with Crippen LogP contribution in [0, 0.1) is 0 Å². The quantitative estimate of drug-likeness (QED) is 0.165. The lowest BCUT2D eigenvalue weighted by Crippen LogP contribution is -2.07. The molecule has 8 nitrogen and oxygen atoms in total. The molecule has 0 atom stereocenters. The van der Waals surface area contributed by atoms with E-state index in [4.69, 9.17) is 28.4 Å². The van der Waals surface area contributed by atoms with Crippen molar-refractivity contribution in [2.45, 2.75) is 89.9 Å². The summed E-state index contributed by atoms with van der Waals surface area (Å²) in [5.41, 5.74) is 0. The van der Waals surface area contributed by atoms with Crippen LogP contribution in [0.3, 0.4) is 0 Å². The zero-order chi connectivity index (χ0) is 28.6. The molecule has 0 spiro atoms. The number of benzene rings is 2. The zero-order valence-corrected chi connectivity index (χ0v) is 25.2. The van der Waals surface area contributed by atoms with Crippen molar-refractivity contribution in [1.29, 1.82) is 0 Å². The summed E-state index contributed by atoms with van der Waals surface area (Å²) in [6.07, 6.45) is 4.64. The minimum Gasteiger partial charge on any atom is -0.504 e. The molecule has 0 radical (unpaired) electrons. The summed E-state index contributed by atoms with van der Waals surface area (Å²) >= 11 is 1.33. The molecule has 0 heterocycles. The van der Waals surface area contributed by atoms with E-state index < -0.39 is 0 Å². The van der Waals surface area contributed by atoms with Crippen LogP contribution in [-0.4, -0.2) is 49.9 Å². The second-order valence-corrected chi connectivity index (χ2v) is 9.98. The Morgan fingerprint density at radius 1 is 0.462 bits per heavy atom. The molecule has 0 saturated carbocycles. The van der Waals surface area contributed by atoms with Crippen molar-refractivity contribution in [3.63, 3.8) is 0 Å². The summed E-state index contributed by atoms with van der Waals surface area (Å²) in [7, 11) is 0. The van der Waals surface area contributed by atoms with E-state index in [0.717, 1.165) is 38.5 Å². The van der Waals surface area contributed by atoms with E-state index in [-0.39, 0.29) is 23.0 Å². The molecule has 39 heavy (non-hydrogen) atoms.